The minimum absolute atomic E-state index is 0.347. The zero-order chi connectivity index (χ0) is 11.7. The van der Waals surface area contributed by atoms with E-state index in [1.807, 2.05) is 18.2 Å². The highest BCUT2D eigenvalue weighted by atomic mass is 15.6. The van der Waals surface area contributed by atoms with Crippen LogP contribution in [0.2, 0.25) is 0 Å². The molecule has 5 nitrogen and oxygen atoms in total. The van der Waals surface area contributed by atoms with E-state index in [0.717, 1.165) is 30.9 Å². The smallest absolute Gasteiger partial charge is 0.205 e. The van der Waals surface area contributed by atoms with Crippen molar-refractivity contribution in [1.29, 1.82) is 0 Å². The van der Waals surface area contributed by atoms with E-state index < -0.39 is 0 Å². The average Bonchev–Trinajstić information content (AvgIpc) is 3.00. The van der Waals surface area contributed by atoms with Crippen molar-refractivity contribution in [3.63, 3.8) is 0 Å². The molecular weight excluding hydrogens is 214 g/mol. The highest BCUT2D eigenvalue weighted by Crippen LogP contribution is 2.19. The maximum absolute atomic E-state index is 4.48. The van der Waals surface area contributed by atoms with Gasteiger partial charge in [-0.05, 0) is 30.7 Å². The topological polar surface area (TPSA) is 55.6 Å². The summed E-state index contributed by atoms with van der Waals surface area (Å²) in [6.07, 6.45) is 1.07. The van der Waals surface area contributed by atoms with Gasteiger partial charge in [0.2, 0.25) is 5.82 Å². The highest BCUT2D eigenvalue weighted by molar-refractivity contribution is 5.58. The molecule has 2 heterocycles. The molecule has 0 radical (unpaired) electrons. The van der Waals surface area contributed by atoms with Gasteiger partial charge < -0.3 is 5.32 Å². The van der Waals surface area contributed by atoms with Crippen molar-refractivity contribution < 1.29 is 0 Å². The molecular formula is C12H15N5. The lowest BCUT2D eigenvalue weighted by Crippen LogP contribution is -2.15. The molecule has 1 atom stereocenters. The van der Waals surface area contributed by atoms with Crippen LogP contribution in [0.25, 0.3) is 11.4 Å². The molecule has 2 aromatic rings. The highest BCUT2D eigenvalue weighted by Gasteiger charge is 2.19. The fraction of sp³-hybridized carbons (Fsp3) is 0.417. The van der Waals surface area contributed by atoms with Gasteiger partial charge in [0.15, 0.2) is 0 Å². The van der Waals surface area contributed by atoms with E-state index in [0.29, 0.717) is 6.04 Å². The van der Waals surface area contributed by atoms with Crippen molar-refractivity contribution in [3.8, 4) is 11.4 Å². The Kier molecular flexibility index (Phi) is 2.60. The Morgan fingerprint density at radius 2 is 2.24 bits per heavy atom. The van der Waals surface area contributed by atoms with Gasteiger partial charge in [-0.3, -0.25) is 0 Å². The maximum Gasteiger partial charge on any atom is 0.205 e. The Morgan fingerprint density at radius 1 is 1.35 bits per heavy atom. The van der Waals surface area contributed by atoms with Crippen LogP contribution in [0.3, 0.4) is 0 Å². The van der Waals surface area contributed by atoms with Gasteiger partial charge in [-0.15, -0.1) is 10.2 Å². The van der Waals surface area contributed by atoms with E-state index in [4.69, 9.17) is 0 Å². The lowest BCUT2D eigenvalue weighted by molar-refractivity contribution is 0.424. The quantitative estimate of drug-likeness (QED) is 0.840. The molecule has 1 aromatic heterocycles. The van der Waals surface area contributed by atoms with Crippen LogP contribution in [-0.2, 0) is 0 Å². The molecule has 0 amide bonds. The predicted octanol–water partition coefficient (Wildman–Crippen LogP) is 1.18. The number of rotatable bonds is 2. The molecule has 0 spiro atoms. The summed E-state index contributed by atoms with van der Waals surface area (Å²) in [6.45, 7) is 4.03. The minimum atomic E-state index is 0.347. The first kappa shape index (κ1) is 10.4. The molecule has 1 fully saturated rings. The van der Waals surface area contributed by atoms with Crippen molar-refractivity contribution in [2.45, 2.75) is 19.4 Å². The fourth-order valence-corrected chi connectivity index (χ4v) is 2.15. The summed E-state index contributed by atoms with van der Waals surface area (Å²) in [4.78, 5) is 1.74. The number of hydrogen-bond acceptors (Lipinski definition) is 4. The van der Waals surface area contributed by atoms with E-state index >= 15 is 0 Å². The Hall–Kier alpha value is -1.75. The lowest BCUT2D eigenvalue weighted by atomic mass is 10.1. The van der Waals surface area contributed by atoms with Gasteiger partial charge >= 0.3 is 0 Å². The van der Waals surface area contributed by atoms with Crippen LogP contribution in [0.1, 0.15) is 18.0 Å². The molecule has 1 unspecified atom stereocenters. The van der Waals surface area contributed by atoms with Crippen LogP contribution >= 0.6 is 0 Å². The molecule has 0 saturated carbocycles. The standard InChI is InChI=1S/C12H15N5/c1-9-4-2-3-5-11(9)12-14-16-17(15-12)10-6-7-13-8-10/h2-5,10,13H,6-8H2,1H3. The summed E-state index contributed by atoms with van der Waals surface area (Å²) in [6, 6.07) is 8.46. The first-order valence-electron chi connectivity index (χ1n) is 5.91. The first-order valence-corrected chi connectivity index (χ1v) is 5.91. The van der Waals surface area contributed by atoms with Crippen molar-refractivity contribution >= 4 is 0 Å². The zero-order valence-corrected chi connectivity index (χ0v) is 9.80. The predicted molar refractivity (Wildman–Crippen MR) is 64.5 cm³/mol. The summed E-state index contributed by atoms with van der Waals surface area (Å²) in [7, 11) is 0. The molecule has 1 aliphatic heterocycles. The number of hydrogen-bond donors (Lipinski definition) is 1. The zero-order valence-electron chi connectivity index (χ0n) is 9.80. The van der Waals surface area contributed by atoms with Gasteiger partial charge in [0, 0.05) is 12.1 Å². The number of nitrogens with zero attached hydrogens (tertiary/aromatic N) is 4. The molecule has 1 saturated heterocycles. The minimum Gasteiger partial charge on any atom is -0.314 e. The average molecular weight is 229 g/mol. The molecule has 5 heteroatoms. The van der Waals surface area contributed by atoms with Crippen molar-refractivity contribution in [2.24, 2.45) is 0 Å². The summed E-state index contributed by atoms with van der Waals surface area (Å²) < 4.78 is 0. The normalized spacial score (nSPS) is 19.7. The van der Waals surface area contributed by atoms with E-state index in [1.165, 1.54) is 5.56 Å². The van der Waals surface area contributed by atoms with Gasteiger partial charge in [0.25, 0.3) is 0 Å². The van der Waals surface area contributed by atoms with Crippen LogP contribution in [0.15, 0.2) is 24.3 Å². The Bertz CT molecular complexity index is 513. The van der Waals surface area contributed by atoms with E-state index in [1.54, 1.807) is 4.80 Å². The van der Waals surface area contributed by atoms with Gasteiger partial charge in [-0.25, -0.2) is 0 Å². The van der Waals surface area contributed by atoms with Crippen molar-refractivity contribution in [3.05, 3.63) is 29.8 Å². The SMILES string of the molecule is Cc1ccccc1-c1nnn(C2CCNC2)n1. The van der Waals surface area contributed by atoms with Gasteiger partial charge in [0.05, 0.1) is 6.04 Å². The summed E-state index contributed by atoms with van der Waals surface area (Å²) in [5, 5.41) is 16.1. The van der Waals surface area contributed by atoms with Crippen LogP contribution in [0.4, 0.5) is 0 Å². The molecule has 0 bridgehead atoms. The lowest BCUT2D eigenvalue weighted by Gasteiger charge is -2.04. The number of nitrogens with one attached hydrogen (secondary N) is 1. The van der Waals surface area contributed by atoms with E-state index in [2.05, 4.69) is 33.7 Å². The van der Waals surface area contributed by atoms with Gasteiger partial charge in [-0.1, -0.05) is 24.3 Å². The van der Waals surface area contributed by atoms with Gasteiger partial charge in [-0.2, -0.15) is 4.80 Å². The number of aromatic nitrogens is 4. The Morgan fingerprint density at radius 3 is 3.00 bits per heavy atom. The molecule has 1 aliphatic rings. The second-order valence-corrected chi connectivity index (χ2v) is 4.39. The summed E-state index contributed by atoms with van der Waals surface area (Å²) in [5.41, 5.74) is 2.24. The molecule has 3 rings (SSSR count). The molecule has 88 valence electrons. The third-order valence-corrected chi connectivity index (χ3v) is 3.18. The molecule has 1 N–H and O–H groups in total. The Balaban J connectivity index is 1.92. The fourth-order valence-electron chi connectivity index (χ4n) is 2.15. The van der Waals surface area contributed by atoms with Crippen LogP contribution in [0.5, 0.6) is 0 Å². The van der Waals surface area contributed by atoms with E-state index in [9.17, 15) is 0 Å². The Labute approximate surface area is 99.8 Å². The van der Waals surface area contributed by atoms with Crippen molar-refractivity contribution in [1.82, 2.24) is 25.5 Å². The third-order valence-electron chi connectivity index (χ3n) is 3.18. The molecule has 0 aliphatic carbocycles. The van der Waals surface area contributed by atoms with Crippen LogP contribution < -0.4 is 5.32 Å². The van der Waals surface area contributed by atoms with E-state index in [-0.39, 0.29) is 0 Å². The number of aryl methyl sites for hydroxylation is 1. The van der Waals surface area contributed by atoms with Crippen LogP contribution in [-0.4, -0.2) is 33.3 Å². The number of tetrazole rings is 1. The largest absolute Gasteiger partial charge is 0.314 e. The summed E-state index contributed by atoms with van der Waals surface area (Å²) >= 11 is 0. The second-order valence-electron chi connectivity index (χ2n) is 4.39. The second kappa shape index (κ2) is 4.25. The van der Waals surface area contributed by atoms with Crippen LogP contribution in [0, 0.1) is 6.92 Å². The molecule has 1 aromatic carbocycles. The van der Waals surface area contributed by atoms with Crippen molar-refractivity contribution in [2.75, 3.05) is 13.1 Å². The number of benzene rings is 1. The maximum atomic E-state index is 4.48. The first-order chi connectivity index (χ1) is 8.34. The van der Waals surface area contributed by atoms with Gasteiger partial charge in [0.1, 0.15) is 0 Å². The monoisotopic (exact) mass is 229 g/mol. The molecule has 17 heavy (non-hydrogen) atoms. The summed E-state index contributed by atoms with van der Waals surface area (Å²) in [5.74, 6) is 0.718. The third kappa shape index (κ3) is 1.93.